The van der Waals surface area contributed by atoms with Crippen LogP contribution >= 0.6 is 0 Å². The monoisotopic (exact) mass is 423 g/mol. The molecule has 3 saturated carbocycles. The van der Waals surface area contributed by atoms with Crippen molar-refractivity contribution in [1.82, 2.24) is 4.98 Å². The Bertz CT molecular complexity index is 838. The Hall–Kier alpha value is -2.09. The highest BCUT2D eigenvalue weighted by Gasteiger charge is 2.50. The fourth-order valence-corrected chi connectivity index (χ4v) is 4.95. The van der Waals surface area contributed by atoms with E-state index in [2.05, 4.69) is 4.98 Å². The van der Waals surface area contributed by atoms with E-state index in [-0.39, 0.29) is 35.8 Å². The molecule has 2 unspecified atom stereocenters. The van der Waals surface area contributed by atoms with Gasteiger partial charge in [-0.3, -0.25) is 14.4 Å². The molecule has 2 bridgehead atoms. The van der Waals surface area contributed by atoms with E-state index >= 15 is 0 Å². The molecule has 4 rings (SSSR count). The standard InChI is InChI=1S/C22H24F3NO4/c23-22(24,25)17-9-8-15(16(26-17)11-30-14-4-2-1-3-5-14)21(29)18-19(27)12-6-7-13(10-12)20(18)28/h8-9,12-14,18H,1-7,10-11H2. The zero-order chi connectivity index (χ0) is 21.5. The minimum Gasteiger partial charge on any atom is -0.372 e. The van der Waals surface area contributed by atoms with Crippen LogP contribution in [0.4, 0.5) is 13.2 Å². The molecule has 0 saturated heterocycles. The average Bonchev–Trinajstić information content (AvgIpc) is 3.18. The lowest BCUT2D eigenvalue weighted by Gasteiger charge is -2.25. The van der Waals surface area contributed by atoms with Gasteiger partial charge in [0.05, 0.1) is 18.4 Å². The second-order valence-corrected chi connectivity index (χ2v) is 8.57. The van der Waals surface area contributed by atoms with Crippen molar-refractivity contribution in [2.24, 2.45) is 17.8 Å². The van der Waals surface area contributed by atoms with Crippen molar-refractivity contribution in [3.05, 3.63) is 29.1 Å². The van der Waals surface area contributed by atoms with E-state index in [0.717, 1.165) is 44.2 Å². The van der Waals surface area contributed by atoms with Crippen LogP contribution in [0.15, 0.2) is 12.1 Å². The summed E-state index contributed by atoms with van der Waals surface area (Å²) in [5.74, 6) is -3.61. The normalized spacial score (nSPS) is 27.5. The second-order valence-electron chi connectivity index (χ2n) is 8.57. The van der Waals surface area contributed by atoms with Gasteiger partial charge in [-0.1, -0.05) is 19.3 Å². The van der Waals surface area contributed by atoms with Crippen molar-refractivity contribution in [1.29, 1.82) is 0 Å². The number of aromatic nitrogens is 1. The third kappa shape index (κ3) is 4.06. The Kier molecular flexibility index (Phi) is 5.79. The van der Waals surface area contributed by atoms with Gasteiger partial charge in [0.1, 0.15) is 11.6 Å². The molecular formula is C22H24F3NO4. The third-order valence-electron chi connectivity index (χ3n) is 6.61. The Morgan fingerprint density at radius 3 is 2.23 bits per heavy atom. The molecular weight excluding hydrogens is 399 g/mol. The van der Waals surface area contributed by atoms with Gasteiger partial charge in [0, 0.05) is 17.4 Å². The molecule has 0 radical (unpaired) electrons. The zero-order valence-corrected chi connectivity index (χ0v) is 16.5. The highest BCUT2D eigenvalue weighted by Crippen LogP contribution is 2.41. The number of halogens is 3. The highest BCUT2D eigenvalue weighted by atomic mass is 19.4. The van der Waals surface area contributed by atoms with Crippen LogP contribution in [0.3, 0.4) is 0 Å². The summed E-state index contributed by atoms with van der Waals surface area (Å²) in [4.78, 5) is 42.2. The van der Waals surface area contributed by atoms with Crippen LogP contribution in [-0.2, 0) is 27.1 Å². The number of nitrogens with zero attached hydrogens (tertiary/aromatic N) is 1. The number of carbonyl (C=O) groups is 3. The maximum Gasteiger partial charge on any atom is 0.433 e. The van der Waals surface area contributed by atoms with Crippen LogP contribution in [0.5, 0.6) is 0 Å². The van der Waals surface area contributed by atoms with Crippen LogP contribution in [0.1, 0.15) is 73.1 Å². The van der Waals surface area contributed by atoms with Gasteiger partial charge < -0.3 is 4.74 Å². The molecule has 1 heterocycles. The summed E-state index contributed by atoms with van der Waals surface area (Å²) in [6.45, 7) is -0.252. The number of hydrogen-bond acceptors (Lipinski definition) is 5. The van der Waals surface area contributed by atoms with Crippen molar-refractivity contribution in [3.8, 4) is 0 Å². The van der Waals surface area contributed by atoms with Crippen LogP contribution in [-0.4, -0.2) is 28.4 Å². The molecule has 2 atom stereocenters. The van der Waals surface area contributed by atoms with Crippen molar-refractivity contribution in [2.75, 3.05) is 0 Å². The molecule has 0 aromatic carbocycles. The van der Waals surface area contributed by atoms with E-state index in [9.17, 15) is 27.6 Å². The number of Topliss-reactive ketones (excluding diaryl/α,β-unsaturated/α-hetero) is 3. The van der Waals surface area contributed by atoms with Crippen LogP contribution < -0.4 is 0 Å². The fourth-order valence-electron chi connectivity index (χ4n) is 4.95. The van der Waals surface area contributed by atoms with E-state index in [1.165, 1.54) is 0 Å². The first kappa shape index (κ1) is 21.2. The topological polar surface area (TPSA) is 73.3 Å². The van der Waals surface area contributed by atoms with Crippen molar-refractivity contribution >= 4 is 17.3 Å². The summed E-state index contributed by atoms with van der Waals surface area (Å²) < 4.78 is 45.3. The van der Waals surface area contributed by atoms with Crippen molar-refractivity contribution in [3.63, 3.8) is 0 Å². The van der Waals surface area contributed by atoms with Gasteiger partial charge in [0.25, 0.3) is 0 Å². The molecule has 0 aliphatic heterocycles. The molecule has 0 amide bonds. The summed E-state index contributed by atoms with van der Waals surface area (Å²) in [7, 11) is 0. The Labute approximate surface area is 172 Å². The maximum absolute atomic E-state index is 13.2. The molecule has 0 N–H and O–H groups in total. The van der Waals surface area contributed by atoms with Gasteiger partial charge in [-0.2, -0.15) is 13.2 Å². The molecule has 3 aliphatic rings. The van der Waals surface area contributed by atoms with E-state index in [0.29, 0.717) is 19.3 Å². The minimum atomic E-state index is -4.67. The summed E-state index contributed by atoms with van der Waals surface area (Å²) in [5, 5.41) is 0. The average molecular weight is 423 g/mol. The van der Waals surface area contributed by atoms with Gasteiger partial charge >= 0.3 is 6.18 Å². The molecule has 5 nitrogen and oxygen atoms in total. The lowest BCUT2D eigenvalue weighted by atomic mass is 9.75. The molecule has 3 aliphatic carbocycles. The SMILES string of the molecule is O=C(c1ccc(C(F)(F)F)nc1COC1CCCCC1)C1C(=O)C2CCC(C2)C1=O. The molecule has 30 heavy (non-hydrogen) atoms. The minimum absolute atomic E-state index is 0.0909. The molecule has 162 valence electrons. The number of ketones is 3. The van der Waals surface area contributed by atoms with Crippen molar-refractivity contribution in [2.45, 2.75) is 70.3 Å². The van der Waals surface area contributed by atoms with Gasteiger partial charge in [-0.15, -0.1) is 0 Å². The summed E-state index contributed by atoms with van der Waals surface area (Å²) >= 11 is 0. The number of pyridine rings is 1. The number of fused-ring (bicyclic) bond motifs is 2. The smallest absolute Gasteiger partial charge is 0.372 e. The van der Waals surface area contributed by atoms with Crippen molar-refractivity contribution < 1.29 is 32.3 Å². The van der Waals surface area contributed by atoms with Gasteiger partial charge in [0.15, 0.2) is 17.3 Å². The number of alkyl halides is 3. The number of carbonyl (C=O) groups excluding carboxylic acids is 3. The Morgan fingerprint density at radius 2 is 1.63 bits per heavy atom. The van der Waals surface area contributed by atoms with Crippen LogP contribution in [0.25, 0.3) is 0 Å². The van der Waals surface area contributed by atoms with Gasteiger partial charge in [-0.05, 0) is 44.2 Å². The third-order valence-corrected chi connectivity index (χ3v) is 6.61. The molecule has 8 heteroatoms. The van der Waals surface area contributed by atoms with E-state index in [1.54, 1.807) is 0 Å². The van der Waals surface area contributed by atoms with E-state index in [4.69, 9.17) is 4.74 Å². The van der Waals surface area contributed by atoms with Gasteiger partial charge in [-0.25, -0.2) is 4.98 Å². The highest BCUT2D eigenvalue weighted by molar-refractivity contribution is 6.26. The lowest BCUT2D eigenvalue weighted by molar-refractivity contribution is -0.141. The summed E-state index contributed by atoms with van der Waals surface area (Å²) in [6, 6.07) is 1.76. The molecule has 1 aromatic rings. The van der Waals surface area contributed by atoms with E-state index in [1.807, 2.05) is 0 Å². The predicted molar refractivity (Wildman–Crippen MR) is 99.6 cm³/mol. The van der Waals surface area contributed by atoms with Crippen LogP contribution in [0.2, 0.25) is 0 Å². The zero-order valence-electron chi connectivity index (χ0n) is 16.5. The molecule has 1 aromatic heterocycles. The predicted octanol–water partition coefficient (Wildman–Crippen LogP) is 4.32. The first-order valence-corrected chi connectivity index (χ1v) is 10.6. The first-order valence-electron chi connectivity index (χ1n) is 10.6. The first-order chi connectivity index (χ1) is 14.3. The van der Waals surface area contributed by atoms with E-state index < -0.39 is 35.1 Å². The number of hydrogen-bond donors (Lipinski definition) is 0. The number of rotatable bonds is 5. The Balaban J connectivity index is 1.63. The molecule has 0 spiro atoms. The molecule has 3 fully saturated rings. The Morgan fingerprint density at radius 1 is 1.00 bits per heavy atom. The lowest BCUT2D eigenvalue weighted by Crippen LogP contribution is -2.42. The maximum atomic E-state index is 13.2. The second kappa shape index (κ2) is 8.21. The summed E-state index contributed by atoms with van der Waals surface area (Å²) in [5.41, 5.74) is -1.40. The van der Waals surface area contributed by atoms with Crippen LogP contribution in [0, 0.1) is 17.8 Å². The van der Waals surface area contributed by atoms with Gasteiger partial charge in [0.2, 0.25) is 0 Å². The summed E-state index contributed by atoms with van der Waals surface area (Å²) in [6.07, 6.45) is 1.58. The number of ether oxygens (including phenoxy) is 1. The largest absolute Gasteiger partial charge is 0.433 e. The fraction of sp³-hybridized carbons (Fsp3) is 0.636. The quantitative estimate of drug-likeness (QED) is 0.521.